The average Bonchev–Trinajstić information content (AvgIpc) is 2.18. The Kier molecular flexibility index (Phi) is 3.62. The molecule has 0 aliphatic rings. The van der Waals surface area contributed by atoms with Crippen LogP contribution >= 0.6 is 11.6 Å². The highest BCUT2D eigenvalue weighted by molar-refractivity contribution is 6.32. The van der Waals surface area contributed by atoms with E-state index in [4.69, 9.17) is 11.6 Å². The summed E-state index contributed by atoms with van der Waals surface area (Å²) in [4.78, 5) is 21.1. The van der Waals surface area contributed by atoms with Gasteiger partial charge in [0, 0.05) is 17.8 Å². The number of nitrogens with zero attached hydrogens (tertiary/aromatic N) is 1. The fourth-order valence-electron chi connectivity index (χ4n) is 0.939. The van der Waals surface area contributed by atoms with E-state index < -0.39 is 16.2 Å². The van der Waals surface area contributed by atoms with E-state index in [0.29, 0.717) is 5.69 Å². The topological polar surface area (TPSA) is 72.2 Å². The summed E-state index contributed by atoms with van der Waals surface area (Å²) < 4.78 is 0. The van der Waals surface area contributed by atoms with Crippen LogP contribution in [0.1, 0.15) is 6.92 Å². The van der Waals surface area contributed by atoms with Crippen molar-refractivity contribution < 1.29 is 9.72 Å². The molecule has 0 aliphatic carbocycles. The van der Waals surface area contributed by atoms with E-state index in [1.165, 1.54) is 25.1 Å². The van der Waals surface area contributed by atoms with Crippen LogP contribution in [0, 0.1) is 10.1 Å². The third-order valence-corrected chi connectivity index (χ3v) is 1.88. The van der Waals surface area contributed by atoms with Crippen molar-refractivity contribution in [3.63, 3.8) is 0 Å². The molecule has 0 bridgehead atoms. The van der Waals surface area contributed by atoms with Crippen molar-refractivity contribution in [1.82, 2.24) is 0 Å². The van der Waals surface area contributed by atoms with Gasteiger partial charge in [0.25, 0.3) is 5.69 Å². The number of anilines is 1. The molecule has 0 fully saturated rings. The highest BCUT2D eigenvalue weighted by atomic mass is 35.5. The average molecular weight is 229 g/mol. The number of benzene rings is 1. The van der Waals surface area contributed by atoms with E-state index in [-0.39, 0.29) is 5.69 Å². The monoisotopic (exact) mass is 228 g/mol. The van der Waals surface area contributed by atoms with E-state index >= 15 is 0 Å². The van der Waals surface area contributed by atoms with Gasteiger partial charge in [-0.15, -0.1) is 11.6 Å². The summed E-state index contributed by atoms with van der Waals surface area (Å²) >= 11 is 5.53. The minimum Gasteiger partial charge on any atom is -0.325 e. The molecule has 0 spiro atoms. The molecule has 0 saturated heterocycles. The van der Waals surface area contributed by atoms with Crippen LogP contribution in [0.15, 0.2) is 24.3 Å². The lowest BCUT2D eigenvalue weighted by Gasteiger charge is -2.05. The van der Waals surface area contributed by atoms with Crippen LogP contribution in [0.2, 0.25) is 0 Å². The van der Waals surface area contributed by atoms with E-state index in [1.54, 1.807) is 6.07 Å². The summed E-state index contributed by atoms with van der Waals surface area (Å²) in [6, 6.07) is 5.67. The van der Waals surface area contributed by atoms with Gasteiger partial charge < -0.3 is 5.32 Å². The molecular weight excluding hydrogens is 220 g/mol. The fraction of sp³-hybridized carbons (Fsp3) is 0.222. The number of non-ortho nitro benzene ring substituents is 1. The maximum Gasteiger partial charge on any atom is 0.271 e. The van der Waals surface area contributed by atoms with Gasteiger partial charge in [-0.1, -0.05) is 6.07 Å². The number of amides is 1. The maximum atomic E-state index is 11.2. The molecule has 0 radical (unpaired) electrons. The number of halogens is 1. The second-order valence-corrected chi connectivity index (χ2v) is 3.57. The number of carbonyl (C=O) groups excluding carboxylic acids is 1. The van der Waals surface area contributed by atoms with Crippen LogP contribution in [-0.2, 0) is 4.79 Å². The Morgan fingerprint density at radius 3 is 2.80 bits per heavy atom. The number of nitro benzene ring substituents is 1. The van der Waals surface area contributed by atoms with Crippen molar-refractivity contribution in [3.8, 4) is 0 Å². The van der Waals surface area contributed by atoms with Crippen LogP contribution in [-0.4, -0.2) is 16.2 Å². The van der Waals surface area contributed by atoms with E-state index in [1.807, 2.05) is 0 Å². The molecule has 1 aromatic carbocycles. The fourth-order valence-corrected chi connectivity index (χ4v) is 0.993. The Labute approximate surface area is 91.2 Å². The summed E-state index contributed by atoms with van der Waals surface area (Å²) in [6.45, 7) is 1.52. The number of hydrogen-bond acceptors (Lipinski definition) is 3. The molecule has 0 saturated carbocycles. The van der Waals surface area contributed by atoms with Gasteiger partial charge in [0.2, 0.25) is 5.91 Å². The van der Waals surface area contributed by atoms with Gasteiger partial charge in [0.05, 0.1) is 4.92 Å². The van der Waals surface area contributed by atoms with Gasteiger partial charge in [-0.3, -0.25) is 14.9 Å². The number of rotatable bonds is 3. The molecule has 1 aromatic rings. The second-order valence-electron chi connectivity index (χ2n) is 2.91. The largest absolute Gasteiger partial charge is 0.325 e. The van der Waals surface area contributed by atoms with Gasteiger partial charge in [-0.2, -0.15) is 0 Å². The highest BCUT2D eigenvalue weighted by Crippen LogP contribution is 2.17. The summed E-state index contributed by atoms with van der Waals surface area (Å²) in [7, 11) is 0. The number of alkyl halides is 1. The van der Waals surface area contributed by atoms with Gasteiger partial charge in [0.1, 0.15) is 5.38 Å². The number of nitro groups is 1. The number of nitrogens with one attached hydrogen (secondary N) is 1. The Morgan fingerprint density at radius 2 is 2.27 bits per heavy atom. The lowest BCUT2D eigenvalue weighted by atomic mass is 10.2. The van der Waals surface area contributed by atoms with Gasteiger partial charge in [-0.05, 0) is 13.0 Å². The molecule has 0 aromatic heterocycles. The zero-order chi connectivity index (χ0) is 11.4. The highest BCUT2D eigenvalue weighted by Gasteiger charge is 2.11. The second kappa shape index (κ2) is 4.75. The molecule has 1 N–H and O–H groups in total. The third-order valence-electron chi connectivity index (χ3n) is 1.69. The minimum atomic E-state index is -0.677. The van der Waals surface area contributed by atoms with E-state index in [2.05, 4.69) is 5.32 Å². The van der Waals surface area contributed by atoms with Crippen molar-refractivity contribution in [2.45, 2.75) is 12.3 Å². The van der Waals surface area contributed by atoms with E-state index in [9.17, 15) is 14.9 Å². The molecule has 1 unspecified atom stereocenters. The Balaban J connectivity index is 2.83. The Bertz CT molecular complexity index is 393. The number of hydrogen-bond donors (Lipinski definition) is 1. The van der Waals surface area contributed by atoms with Crippen molar-refractivity contribution in [2.24, 2.45) is 0 Å². The molecule has 1 amide bonds. The predicted octanol–water partition coefficient (Wildman–Crippen LogP) is 2.16. The van der Waals surface area contributed by atoms with Crippen molar-refractivity contribution >= 4 is 28.9 Å². The van der Waals surface area contributed by atoms with Crippen LogP contribution in [0.25, 0.3) is 0 Å². The molecular formula is C9H9ClN2O3. The molecule has 1 atom stereocenters. The van der Waals surface area contributed by atoms with Crippen LogP contribution < -0.4 is 5.32 Å². The minimum absolute atomic E-state index is 0.0741. The summed E-state index contributed by atoms with van der Waals surface area (Å²) in [5.74, 6) is -0.392. The standard InChI is InChI=1S/C9H9ClN2O3/c1-6(10)9(13)11-7-3-2-4-8(5-7)12(14)15/h2-6H,1H3,(H,11,13). The zero-order valence-corrected chi connectivity index (χ0v) is 8.69. The first-order valence-corrected chi connectivity index (χ1v) is 4.63. The molecule has 80 valence electrons. The first kappa shape index (κ1) is 11.5. The van der Waals surface area contributed by atoms with Gasteiger partial charge >= 0.3 is 0 Å². The van der Waals surface area contributed by atoms with Gasteiger partial charge in [-0.25, -0.2) is 0 Å². The Morgan fingerprint density at radius 1 is 1.60 bits per heavy atom. The molecule has 5 nitrogen and oxygen atoms in total. The first-order valence-electron chi connectivity index (χ1n) is 4.20. The lowest BCUT2D eigenvalue weighted by molar-refractivity contribution is -0.384. The maximum absolute atomic E-state index is 11.2. The normalized spacial score (nSPS) is 11.9. The third kappa shape index (κ3) is 3.21. The SMILES string of the molecule is CC(Cl)C(=O)Nc1cccc([N+](=O)[O-])c1. The Hall–Kier alpha value is -1.62. The molecule has 1 rings (SSSR count). The summed E-state index contributed by atoms with van der Waals surface area (Å²) in [6.07, 6.45) is 0. The van der Waals surface area contributed by atoms with E-state index in [0.717, 1.165) is 0 Å². The molecule has 15 heavy (non-hydrogen) atoms. The van der Waals surface area contributed by atoms with Crippen molar-refractivity contribution in [3.05, 3.63) is 34.4 Å². The number of carbonyl (C=O) groups is 1. The first-order chi connectivity index (χ1) is 7.00. The summed E-state index contributed by atoms with van der Waals surface area (Å²) in [5, 5.41) is 12.2. The molecule has 0 aliphatic heterocycles. The lowest BCUT2D eigenvalue weighted by Crippen LogP contribution is -2.20. The predicted molar refractivity (Wildman–Crippen MR) is 57.0 cm³/mol. The zero-order valence-electron chi connectivity index (χ0n) is 7.94. The van der Waals surface area contributed by atoms with Gasteiger partial charge in [0.15, 0.2) is 0 Å². The molecule has 6 heteroatoms. The van der Waals surface area contributed by atoms with Crippen LogP contribution in [0.3, 0.4) is 0 Å². The summed E-state index contributed by atoms with van der Waals surface area (Å²) in [5.41, 5.74) is 0.289. The smallest absolute Gasteiger partial charge is 0.271 e. The van der Waals surface area contributed by atoms with Crippen LogP contribution in [0.4, 0.5) is 11.4 Å². The quantitative estimate of drug-likeness (QED) is 0.490. The molecule has 0 heterocycles. The van der Waals surface area contributed by atoms with Crippen molar-refractivity contribution in [1.29, 1.82) is 0 Å². The van der Waals surface area contributed by atoms with Crippen LogP contribution in [0.5, 0.6) is 0 Å². The van der Waals surface area contributed by atoms with Crippen molar-refractivity contribution in [2.75, 3.05) is 5.32 Å².